The van der Waals surface area contributed by atoms with E-state index in [0.717, 1.165) is 47.5 Å². The van der Waals surface area contributed by atoms with Crippen molar-refractivity contribution in [2.75, 3.05) is 13.2 Å². The summed E-state index contributed by atoms with van der Waals surface area (Å²) < 4.78 is 11.4. The minimum absolute atomic E-state index is 0. The second-order valence-corrected chi connectivity index (χ2v) is 5.30. The van der Waals surface area contributed by atoms with Gasteiger partial charge < -0.3 is 21.6 Å². The number of nitrogens with zero attached hydrogens (tertiary/aromatic N) is 2. The molecule has 3 aromatic rings. The Labute approximate surface area is 135 Å². The van der Waals surface area contributed by atoms with Crippen LogP contribution in [0.15, 0.2) is 35.0 Å². The number of hydrogen-bond donors (Lipinski definition) is 1. The van der Waals surface area contributed by atoms with Crippen molar-refractivity contribution in [3.8, 4) is 0 Å². The minimum atomic E-state index is 0. The highest BCUT2D eigenvalue weighted by Crippen LogP contribution is 2.28. The molecular weight excluding hydrogens is 302 g/mol. The van der Waals surface area contributed by atoms with Crippen molar-refractivity contribution in [3.05, 3.63) is 30.6 Å². The molecule has 0 radical (unpaired) electrons. The van der Waals surface area contributed by atoms with Crippen LogP contribution in [-0.4, -0.2) is 29.2 Å². The molecule has 118 valence electrons. The molecule has 0 aliphatic rings. The predicted molar refractivity (Wildman–Crippen MR) is 81.5 cm³/mol. The average molecular weight is 322 g/mol. The van der Waals surface area contributed by atoms with E-state index in [-0.39, 0.29) is 18.5 Å². The number of aromatic nitrogens is 2. The fourth-order valence-corrected chi connectivity index (χ4v) is 2.33. The average Bonchev–Trinajstić information content (AvgIpc) is 2.86. The van der Waals surface area contributed by atoms with Crippen molar-refractivity contribution < 1.29 is 26.9 Å². The van der Waals surface area contributed by atoms with Crippen molar-refractivity contribution in [2.24, 2.45) is 0 Å². The third kappa shape index (κ3) is 3.55. The van der Waals surface area contributed by atoms with E-state index in [1.807, 2.05) is 38.1 Å². The van der Waals surface area contributed by atoms with E-state index in [1.165, 1.54) is 0 Å². The van der Waals surface area contributed by atoms with Crippen LogP contribution in [0, 0.1) is 0 Å². The molecule has 0 unspecified atom stereocenters. The van der Waals surface area contributed by atoms with Crippen molar-refractivity contribution in [2.45, 2.75) is 26.4 Å². The first kappa shape index (κ1) is 16.7. The molecular formula is C16H20ClN3O2. The van der Waals surface area contributed by atoms with Crippen LogP contribution in [0.1, 0.15) is 20.3 Å². The number of benzene rings is 1. The fourth-order valence-electron chi connectivity index (χ4n) is 2.33. The molecule has 0 atom stereocenters. The van der Waals surface area contributed by atoms with Gasteiger partial charge in [-0.2, -0.15) is 4.98 Å². The molecule has 1 aromatic carbocycles. The monoisotopic (exact) mass is 321 g/mol. The highest BCUT2D eigenvalue weighted by Gasteiger charge is 2.15. The Hall–Kier alpha value is -1.69. The molecule has 2 N–H and O–H groups in total. The number of ether oxygens (including phenoxy) is 1. The lowest BCUT2D eigenvalue weighted by atomic mass is 10.2. The fraction of sp³-hybridized carbons (Fsp3) is 0.375. The van der Waals surface area contributed by atoms with Gasteiger partial charge in [0.2, 0.25) is 5.58 Å². The Kier molecular flexibility index (Phi) is 5.71. The summed E-state index contributed by atoms with van der Waals surface area (Å²) in [7, 11) is 0. The van der Waals surface area contributed by atoms with Crippen molar-refractivity contribution in [1.82, 2.24) is 9.97 Å². The van der Waals surface area contributed by atoms with E-state index in [2.05, 4.69) is 15.3 Å². The van der Waals surface area contributed by atoms with E-state index in [0.29, 0.717) is 0 Å². The largest absolute Gasteiger partial charge is 1.00 e. The second-order valence-electron chi connectivity index (χ2n) is 5.30. The molecule has 5 nitrogen and oxygen atoms in total. The number of rotatable bonds is 6. The molecule has 0 saturated heterocycles. The van der Waals surface area contributed by atoms with E-state index >= 15 is 0 Å². The van der Waals surface area contributed by atoms with Gasteiger partial charge in [0.25, 0.3) is 5.82 Å². The highest BCUT2D eigenvalue weighted by molar-refractivity contribution is 6.04. The highest BCUT2D eigenvalue weighted by atomic mass is 35.5. The van der Waals surface area contributed by atoms with E-state index in [1.54, 1.807) is 6.33 Å². The van der Waals surface area contributed by atoms with Gasteiger partial charge in [0.1, 0.15) is 17.4 Å². The second kappa shape index (κ2) is 7.54. The Bertz CT molecular complexity index is 742. The Morgan fingerprint density at radius 3 is 2.86 bits per heavy atom. The van der Waals surface area contributed by atoms with Gasteiger partial charge in [-0.3, -0.25) is 5.32 Å². The maximum atomic E-state index is 5.89. The maximum absolute atomic E-state index is 5.89. The number of furan rings is 1. The van der Waals surface area contributed by atoms with Gasteiger partial charge in [-0.15, -0.1) is 0 Å². The zero-order valence-corrected chi connectivity index (χ0v) is 13.5. The normalized spacial score (nSPS) is 11.2. The molecule has 0 fully saturated rings. The van der Waals surface area contributed by atoms with Crippen LogP contribution in [0.2, 0.25) is 0 Å². The summed E-state index contributed by atoms with van der Waals surface area (Å²) in [5, 5.41) is 3.13. The first-order chi connectivity index (χ1) is 10.3. The van der Waals surface area contributed by atoms with Gasteiger partial charge in [-0.1, -0.05) is 12.1 Å². The number of hydrogen-bond acceptors (Lipinski definition) is 4. The van der Waals surface area contributed by atoms with Crippen LogP contribution >= 0.6 is 0 Å². The van der Waals surface area contributed by atoms with Crippen LogP contribution in [-0.2, 0) is 4.74 Å². The first-order valence-corrected chi connectivity index (χ1v) is 7.33. The van der Waals surface area contributed by atoms with Gasteiger partial charge in [-0.25, -0.2) is 4.98 Å². The van der Waals surface area contributed by atoms with Crippen molar-refractivity contribution >= 4 is 27.9 Å². The molecule has 0 aliphatic heterocycles. The maximum Gasteiger partial charge on any atom is 0.271 e. The molecule has 0 aliphatic carbocycles. The summed E-state index contributed by atoms with van der Waals surface area (Å²) in [6, 6.07) is 7.93. The number of quaternary nitrogens is 1. The lowest BCUT2D eigenvalue weighted by Crippen LogP contribution is -3.00. The molecule has 22 heavy (non-hydrogen) atoms. The number of nitrogens with two attached hydrogens (primary N) is 1. The smallest absolute Gasteiger partial charge is 0.271 e. The Morgan fingerprint density at radius 2 is 2.05 bits per heavy atom. The Balaban J connectivity index is 0.00000176. The van der Waals surface area contributed by atoms with E-state index in [9.17, 15) is 0 Å². The first-order valence-electron chi connectivity index (χ1n) is 7.33. The van der Waals surface area contributed by atoms with Gasteiger partial charge in [0.05, 0.1) is 19.3 Å². The summed E-state index contributed by atoms with van der Waals surface area (Å²) >= 11 is 0. The van der Waals surface area contributed by atoms with Crippen molar-refractivity contribution in [1.29, 1.82) is 0 Å². The molecule has 0 amide bonds. The predicted octanol–water partition coefficient (Wildman–Crippen LogP) is -0.610. The topological polar surface area (TPSA) is 64.8 Å². The number of para-hydroxylation sites is 1. The summed E-state index contributed by atoms with van der Waals surface area (Å²) in [5.41, 5.74) is 2.50. The summed E-state index contributed by atoms with van der Waals surface area (Å²) in [4.78, 5) is 8.68. The molecule has 0 bridgehead atoms. The quantitative estimate of drug-likeness (QED) is 0.615. The van der Waals surface area contributed by atoms with Crippen LogP contribution in [0.3, 0.4) is 0 Å². The van der Waals surface area contributed by atoms with E-state index < -0.39 is 0 Å². The summed E-state index contributed by atoms with van der Waals surface area (Å²) in [6.07, 6.45) is 2.86. The van der Waals surface area contributed by atoms with Crippen LogP contribution in [0.4, 0.5) is 5.82 Å². The minimum Gasteiger partial charge on any atom is -1.00 e. The number of fused-ring (bicyclic) bond motifs is 3. The zero-order valence-electron chi connectivity index (χ0n) is 12.8. The molecule has 2 aromatic heterocycles. The summed E-state index contributed by atoms with van der Waals surface area (Å²) in [5.74, 6) is 0.862. The van der Waals surface area contributed by atoms with Crippen molar-refractivity contribution in [3.63, 3.8) is 0 Å². The van der Waals surface area contributed by atoms with Crippen LogP contribution in [0.25, 0.3) is 22.1 Å². The van der Waals surface area contributed by atoms with Gasteiger partial charge in [0.15, 0.2) is 0 Å². The standard InChI is InChI=1S/C16H19N3O2.ClH/c1-11(2)20-9-5-8-17-16-15-14(18-10-19-16)12-6-3-4-7-13(12)21-15;/h3-4,6-7,10-11H,5,8-9H2,1-2H3,(H,17,18,19);1H. The van der Waals surface area contributed by atoms with Crippen LogP contribution in [0.5, 0.6) is 0 Å². The third-order valence-electron chi connectivity index (χ3n) is 3.32. The molecule has 3 rings (SSSR count). The van der Waals surface area contributed by atoms with Gasteiger partial charge in [-0.05, 0) is 26.0 Å². The molecule has 6 heteroatoms. The lowest BCUT2D eigenvalue weighted by molar-refractivity contribution is -0.574. The number of halogens is 1. The van der Waals surface area contributed by atoms with Gasteiger partial charge in [0, 0.05) is 11.8 Å². The molecule has 0 saturated carbocycles. The zero-order chi connectivity index (χ0) is 14.7. The SMILES string of the molecule is CC(C)OCCC[NH2+]c1ncnc2c1oc1ccccc12.[Cl-]. The Morgan fingerprint density at radius 1 is 1.23 bits per heavy atom. The summed E-state index contributed by atoms with van der Waals surface area (Å²) in [6.45, 7) is 5.77. The molecule has 0 spiro atoms. The lowest BCUT2D eigenvalue weighted by Gasteiger charge is -2.06. The van der Waals surface area contributed by atoms with E-state index in [4.69, 9.17) is 9.15 Å². The van der Waals surface area contributed by atoms with Crippen LogP contribution < -0.4 is 17.7 Å². The molecule has 2 heterocycles. The van der Waals surface area contributed by atoms with Gasteiger partial charge >= 0.3 is 0 Å². The third-order valence-corrected chi connectivity index (χ3v) is 3.32.